The summed E-state index contributed by atoms with van der Waals surface area (Å²) in [7, 11) is 0. The van der Waals surface area contributed by atoms with Crippen LogP contribution in [0.15, 0.2) is 40.9 Å². The Bertz CT molecular complexity index is 651. The molecular weight excluding hydrogens is 447 g/mol. The van der Waals surface area contributed by atoms with E-state index in [4.69, 9.17) is 11.6 Å². The van der Waals surface area contributed by atoms with Crippen molar-refractivity contribution in [2.75, 3.05) is 5.32 Å². The molecule has 0 saturated heterocycles. The van der Waals surface area contributed by atoms with Crippen LogP contribution in [0.25, 0.3) is 0 Å². The normalized spacial score (nSPS) is 10.3. The van der Waals surface area contributed by atoms with Gasteiger partial charge in [0.15, 0.2) is 0 Å². The highest BCUT2D eigenvalue weighted by atomic mass is 127. The first-order valence-electron chi connectivity index (χ1n) is 5.19. The predicted molar refractivity (Wildman–Crippen MR) is 86.2 cm³/mol. The van der Waals surface area contributed by atoms with E-state index in [9.17, 15) is 9.18 Å². The molecule has 0 unspecified atom stereocenters. The average molecular weight is 454 g/mol. The smallest absolute Gasteiger partial charge is 0.256 e. The summed E-state index contributed by atoms with van der Waals surface area (Å²) in [6.07, 6.45) is 0. The molecule has 0 radical (unpaired) electrons. The van der Waals surface area contributed by atoms with Crippen molar-refractivity contribution in [3.63, 3.8) is 0 Å². The molecule has 0 aliphatic carbocycles. The molecule has 2 aromatic rings. The lowest BCUT2D eigenvalue weighted by molar-refractivity contribution is 0.102. The Morgan fingerprint density at radius 2 is 2.00 bits per heavy atom. The van der Waals surface area contributed by atoms with Gasteiger partial charge in [0, 0.05) is 13.1 Å². The van der Waals surface area contributed by atoms with Gasteiger partial charge in [0.2, 0.25) is 0 Å². The molecule has 0 aromatic heterocycles. The molecule has 0 fully saturated rings. The molecule has 0 spiro atoms. The van der Waals surface area contributed by atoms with Crippen LogP contribution in [-0.4, -0.2) is 5.91 Å². The van der Waals surface area contributed by atoms with Crippen LogP contribution in [0.1, 0.15) is 10.4 Å². The number of carbonyl (C=O) groups is 1. The molecule has 98 valence electrons. The van der Waals surface area contributed by atoms with Crippen molar-refractivity contribution in [2.24, 2.45) is 0 Å². The fourth-order valence-corrected chi connectivity index (χ4v) is 2.99. The molecule has 0 bridgehead atoms. The highest BCUT2D eigenvalue weighted by Gasteiger charge is 2.12. The molecule has 0 atom stereocenters. The maximum absolute atomic E-state index is 13.0. The van der Waals surface area contributed by atoms with Crippen LogP contribution in [0.5, 0.6) is 0 Å². The van der Waals surface area contributed by atoms with Gasteiger partial charge in [0.1, 0.15) is 5.82 Å². The number of rotatable bonds is 2. The van der Waals surface area contributed by atoms with E-state index >= 15 is 0 Å². The molecule has 6 heteroatoms. The van der Waals surface area contributed by atoms with E-state index in [-0.39, 0.29) is 5.91 Å². The van der Waals surface area contributed by atoms with Crippen LogP contribution >= 0.6 is 50.1 Å². The molecular formula is C13H7BrClFINO. The molecule has 2 nitrogen and oxygen atoms in total. The lowest BCUT2D eigenvalue weighted by Gasteiger charge is -2.09. The summed E-state index contributed by atoms with van der Waals surface area (Å²) in [5, 5.41) is 3.36. The zero-order chi connectivity index (χ0) is 14.0. The van der Waals surface area contributed by atoms with E-state index in [1.165, 1.54) is 18.2 Å². The van der Waals surface area contributed by atoms with E-state index in [1.807, 2.05) is 0 Å². The van der Waals surface area contributed by atoms with Gasteiger partial charge < -0.3 is 5.32 Å². The topological polar surface area (TPSA) is 29.1 Å². The zero-order valence-corrected chi connectivity index (χ0v) is 13.9. The van der Waals surface area contributed by atoms with Crippen molar-refractivity contribution in [3.8, 4) is 0 Å². The average Bonchev–Trinajstić information content (AvgIpc) is 2.32. The first kappa shape index (κ1) is 14.7. The van der Waals surface area contributed by atoms with E-state index in [1.54, 1.807) is 18.2 Å². The largest absolute Gasteiger partial charge is 0.321 e. The van der Waals surface area contributed by atoms with Crippen molar-refractivity contribution in [1.82, 2.24) is 0 Å². The molecule has 0 aliphatic rings. The van der Waals surface area contributed by atoms with Gasteiger partial charge >= 0.3 is 0 Å². The maximum atomic E-state index is 13.0. The van der Waals surface area contributed by atoms with E-state index in [0.717, 1.165) is 3.57 Å². The number of halogens is 4. The monoisotopic (exact) mass is 453 g/mol. The molecule has 1 amide bonds. The summed E-state index contributed by atoms with van der Waals surface area (Å²) in [6.45, 7) is 0. The lowest BCUT2D eigenvalue weighted by Crippen LogP contribution is -2.13. The van der Waals surface area contributed by atoms with Crippen LogP contribution in [0, 0.1) is 9.39 Å². The Morgan fingerprint density at radius 3 is 2.63 bits per heavy atom. The Hall–Kier alpha value is -0.660. The molecule has 0 saturated carbocycles. The molecule has 2 aromatic carbocycles. The van der Waals surface area contributed by atoms with E-state index < -0.39 is 5.82 Å². The van der Waals surface area contributed by atoms with Gasteiger partial charge in [-0.2, -0.15) is 0 Å². The number of hydrogen-bond donors (Lipinski definition) is 1. The van der Waals surface area contributed by atoms with E-state index in [2.05, 4.69) is 43.8 Å². The third-order valence-corrected chi connectivity index (χ3v) is 4.14. The fourth-order valence-electron chi connectivity index (χ4n) is 1.45. The summed E-state index contributed by atoms with van der Waals surface area (Å²) in [6, 6.07) is 9.09. The highest BCUT2D eigenvalue weighted by molar-refractivity contribution is 14.1. The van der Waals surface area contributed by atoms with Crippen LogP contribution in [0.3, 0.4) is 0 Å². The van der Waals surface area contributed by atoms with Crippen molar-refractivity contribution in [3.05, 3.63) is 60.8 Å². The number of nitrogens with one attached hydrogen (secondary N) is 1. The molecule has 19 heavy (non-hydrogen) atoms. The number of carbonyl (C=O) groups excluding carboxylic acids is 1. The van der Waals surface area contributed by atoms with Gasteiger partial charge in [-0.05, 0) is 74.9 Å². The first-order valence-corrected chi connectivity index (χ1v) is 7.44. The fraction of sp³-hybridized carbons (Fsp3) is 0. The minimum Gasteiger partial charge on any atom is -0.321 e. The van der Waals surface area contributed by atoms with Crippen molar-refractivity contribution >= 4 is 61.7 Å². The van der Waals surface area contributed by atoms with Gasteiger partial charge in [0.25, 0.3) is 5.91 Å². The number of benzene rings is 2. The summed E-state index contributed by atoms with van der Waals surface area (Å²) in [5.41, 5.74) is 1.03. The predicted octanol–water partition coefficient (Wildman–Crippen LogP) is 5.10. The van der Waals surface area contributed by atoms with Crippen LogP contribution in [-0.2, 0) is 0 Å². The molecule has 0 aliphatic heterocycles. The summed E-state index contributed by atoms with van der Waals surface area (Å²) in [5.74, 6) is -0.711. The third-order valence-electron chi connectivity index (χ3n) is 2.36. The SMILES string of the molecule is O=C(Nc1ccc(Cl)cc1I)c1ccc(F)cc1Br. The van der Waals surface area contributed by atoms with Crippen LogP contribution in [0.4, 0.5) is 10.1 Å². The van der Waals surface area contributed by atoms with Gasteiger partial charge in [-0.1, -0.05) is 11.6 Å². The zero-order valence-electron chi connectivity index (χ0n) is 9.38. The first-order chi connectivity index (χ1) is 8.97. The van der Waals surface area contributed by atoms with E-state index in [0.29, 0.717) is 20.7 Å². The number of amides is 1. The van der Waals surface area contributed by atoms with Gasteiger partial charge in [0.05, 0.1) is 11.3 Å². The maximum Gasteiger partial charge on any atom is 0.256 e. The van der Waals surface area contributed by atoms with Crippen molar-refractivity contribution in [2.45, 2.75) is 0 Å². The number of hydrogen-bond acceptors (Lipinski definition) is 1. The van der Waals surface area contributed by atoms with Crippen molar-refractivity contribution < 1.29 is 9.18 Å². The quantitative estimate of drug-likeness (QED) is 0.629. The standard InChI is InChI=1S/C13H7BrClFINO/c14-10-6-8(16)2-3-9(10)13(19)18-12-4-1-7(15)5-11(12)17/h1-6H,(H,18,19). The Balaban J connectivity index is 2.25. The second-order valence-electron chi connectivity index (χ2n) is 3.70. The lowest BCUT2D eigenvalue weighted by atomic mass is 10.2. The Morgan fingerprint density at radius 1 is 1.26 bits per heavy atom. The third kappa shape index (κ3) is 3.67. The Labute approximate surface area is 136 Å². The van der Waals surface area contributed by atoms with Gasteiger partial charge in [-0.3, -0.25) is 4.79 Å². The van der Waals surface area contributed by atoms with Crippen LogP contribution < -0.4 is 5.32 Å². The van der Waals surface area contributed by atoms with Crippen LogP contribution in [0.2, 0.25) is 5.02 Å². The summed E-state index contributed by atoms with van der Waals surface area (Å²) >= 11 is 11.1. The second-order valence-corrected chi connectivity index (χ2v) is 6.16. The van der Waals surface area contributed by atoms with Gasteiger partial charge in [-0.15, -0.1) is 0 Å². The summed E-state index contributed by atoms with van der Waals surface area (Å²) < 4.78 is 14.2. The highest BCUT2D eigenvalue weighted by Crippen LogP contribution is 2.24. The Kier molecular flexibility index (Phi) is 4.81. The van der Waals surface area contributed by atoms with Gasteiger partial charge in [-0.25, -0.2) is 4.39 Å². The minimum absolute atomic E-state index is 0.313. The second kappa shape index (κ2) is 6.19. The molecule has 1 N–H and O–H groups in total. The summed E-state index contributed by atoms with van der Waals surface area (Å²) in [4.78, 5) is 12.1. The minimum atomic E-state index is -0.399. The molecule has 2 rings (SSSR count). The number of anilines is 1. The molecule has 0 heterocycles. The van der Waals surface area contributed by atoms with Crippen molar-refractivity contribution in [1.29, 1.82) is 0 Å².